The fourth-order valence-electron chi connectivity index (χ4n) is 2.70. The molecule has 1 amide bonds. The summed E-state index contributed by atoms with van der Waals surface area (Å²) in [7, 11) is 1.48. The van der Waals surface area contributed by atoms with E-state index in [1.54, 1.807) is 18.2 Å². The number of hydrogen-bond acceptors (Lipinski definition) is 6. The minimum atomic E-state index is -0.274. The second kappa shape index (κ2) is 8.32. The smallest absolute Gasteiger partial charge is 0.258 e. The molecule has 1 heterocycles. The van der Waals surface area contributed by atoms with Crippen LogP contribution in [0.25, 0.3) is 0 Å². The molecule has 0 radical (unpaired) electrons. The van der Waals surface area contributed by atoms with Gasteiger partial charge in [-0.3, -0.25) is 4.79 Å². The van der Waals surface area contributed by atoms with Crippen molar-refractivity contribution in [3.63, 3.8) is 0 Å². The Hall–Kier alpha value is -3.40. The minimum absolute atomic E-state index is 0.169. The van der Waals surface area contributed by atoms with Gasteiger partial charge in [-0.2, -0.15) is 5.26 Å². The highest BCUT2D eigenvalue weighted by Crippen LogP contribution is 2.32. The Morgan fingerprint density at radius 1 is 1.19 bits per heavy atom. The molecule has 0 bridgehead atoms. The molecule has 140 valence electrons. The third-order valence-electron chi connectivity index (χ3n) is 4.10. The van der Waals surface area contributed by atoms with Crippen LogP contribution in [0.1, 0.15) is 24.1 Å². The predicted molar refractivity (Wildman–Crippen MR) is 97.2 cm³/mol. The maximum Gasteiger partial charge on any atom is 0.258 e. The summed E-state index contributed by atoms with van der Waals surface area (Å²) in [6.07, 6.45) is 0. The first kappa shape index (κ1) is 18.4. The van der Waals surface area contributed by atoms with Crippen LogP contribution in [-0.2, 0) is 4.79 Å². The van der Waals surface area contributed by atoms with Gasteiger partial charge >= 0.3 is 0 Å². The molecule has 1 atom stereocenters. The normalized spacial score (nSPS) is 13.2. The van der Waals surface area contributed by atoms with Crippen molar-refractivity contribution in [3.8, 4) is 29.1 Å². The molecule has 0 spiro atoms. The molecule has 0 saturated heterocycles. The number of carbonyl (C=O) groups excluding carboxylic acids is 1. The fraction of sp³-hybridized carbons (Fsp3) is 0.300. The van der Waals surface area contributed by atoms with Crippen LogP contribution in [0, 0.1) is 11.3 Å². The molecule has 0 saturated carbocycles. The van der Waals surface area contributed by atoms with Crippen LogP contribution < -0.4 is 24.3 Å². The van der Waals surface area contributed by atoms with Gasteiger partial charge in [0, 0.05) is 6.07 Å². The van der Waals surface area contributed by atoms with Crippen molar-refractivity contribution >= 4 is 5.91 Å². The van der Waals surface area contributed by atoms with Crippen LogP contribution in [0.3, 0.4) is 0 Å². The van der Waals surface area contributed by atoms with Gasteiger partial charge in [-0.1, -0.05) is 6.07 Å². The summed E-state index contributed by atoms with van der Waals surface area (Å²) in [5, 5.41) is 11.8. The average Bonchev–Trinajstić information content (AvgIpc) is 2.71. The minimum Gasteiger partial charge on any atom is -0.493 e. The van der Waals surface area contributed by atoms with Crippen molar-refractivity contribution in [3.05, 3.63) is 47.5 Å². The van der Waals surface area contributed by atoms with Crippen molar-refractivity contribution < 1.29 is 23.7 Å². The zero-order chi connectivity index (χ0) is 19.2. The first-order chi connectivity index (χ1) is 13.1. The third kappa shape index (κ3) is 4.42. The molecule has 2 aromatic carbocycles. The van der Waals surface area contributed by atoms with Crippen LogP contribution in [0.4, 0.5) is 0 Å². The number of rotatable bonds is 6. The Kier molecular flexibility index (Phi) is 5.67. The lowest BCUT2D eigenvalue weighted by Crippen LogP contribution is -2.31. The van der Waals surface area contributed by atoms with Gasteiger partial charge in [-0.25, -0.2) is 0 Å². The van der Waals surface area contributed by atoms with E-state index < -0.39 is 0 Å². The van der Waals surface area contributed by atoms with Crippen molar-refractivity contribution in [2.45, 2.75) is 13.0 Å². The highest BCUT2D eigenvalue weighted by molar-refractivity contribution is 5.78. The summed E-state index contributed by atoms with van der Waals surface area (Å²) < 4.78 is 21.8. The van der Waals surface area contributed by atoms with Crippen LogP contribution >= 0.6 is 0 Å². The fourth-order valence-corrected chi connectivity index (χ4v) is 2.70. The van der Waals surface area contributed by atoms with E-state index in [2.05, 4.69) is 5.32 Å². The van der Waals surface area contributed by atoms with E-state index in [4.69, 9.17) is 24.2 Å². The van der Waals surface area contributed by atoms with Crippen molar-refractivity contribution in [1.82, 2.24) is 5.32 Å². The number of hydrogen-bond donors (Lipinski definition) is 1. The summed E-state index contributed by atoms with van der Waals surface area (Å²) in [5.74, 6) is 1.92. The second-order valence-electron chi connectivity index (χ2n) is 5.96. The van der Waals surface area contributed by atoms with Gasteiger partial charge in [0.2, 0.25) is 0 Å². The van der Waals surface area contributed by atoms with Crippen LogP contribution in [-0.4, -0.2) is 32.8 Å². The highest BCUT2D eigenvalue weighted by Gasteiger charge is 2.16. The number of ether oxygens (including phenoxy) is 4. The second-order valence-corrected chi connectivity index (χ2v) is 5.96. The van der Waals surface area contributed by atoms with Crippen LogP contribution in [0.15, 0.2) is 36.4 Å². The van der Waals surface area contributed by atoms with E-state index in [0.717, 1.165) is 5.56 Å². The van der Waals surface area contributed by atoms with Crippen molar-refractivity contribution in [1.29, 1.82) is 5.26 Å². The molecule has 0 unspecified atom stereocenters. The summed E-state index contributed by atoms with van der Waals surface area (Å²) in [5.41, 5.74) is 1.36. The lowest BCUT2D eigenvalue weighted by molar-refractivity contribution is -0.123. The molecule has 27 heavy (non-hydrogen) atoms. The van der Waals surface area contributed by atoms with E-state index in [1.165, 1.54) is 7.11 Å². The number of methoxy groups -OCH3 is 1. The monoisotopic (exact) mass is 368 g/mol. The summed E-state index contributed by atoms with van der Waals surface area (Å²) in [6.45, 7) is 2.76. The molecule has 0 fully saturated rings. The number of amides is 1. The number of nitriles is 1. The number of fused-ring (bicyclic) bond motifs is 1. The van der Waals surface area contributed by atoms with E-state index in [0.29, 0.717) is 41.8 Å². The Balaban J connectivity index is 1.59. The van der Waals surface area contributed by atoms with Crippen LogP contribution in [0.5, 0.6) is 23.0 Å². The quantitative estimate of drug-likeness (QED) is 0.843. The van der Waals surface area contributed by atoms with Gasteiger partial charge in [-0.05, 0) is 36.8 Å². The number of nitrogens with zero attached hydrogens (tertiary/aromatic N) is 1. The van der Waals surface area contributed by atoms with E-state index >= 15 is 0 Å². The zero-order valence-electron chi connectivity index (χ0n) is 15.2. The molecular formula is C20H20N2O5. The predicted octanol–water partition coefficient (Wildman–Crippen LogP) is 2.59. The lowest BCUT2D eigenvalue weighted by Gasteiger charge is -2.21. The molecule has 7 nitrogen and oxygen atoms in total. The average molecular weight is 368 g/mol. The molecule has 0 aromatic heterocycles. The van der Waals surface area contributed by atoms with E-state index in [9.17, 15) is 4.79 Å². The van der Waals surface area contributed by atoms with Gasteiger partial charge in [0.15, 0.2) is 29.6 Å². The summed E-state index contributed by atoms with van der Waals surface area (Å²) >= 11 is 0. The van der Waals surface area contributed by atoms with E-state index in [1.807, 2.05) is 31.2 Å². The third-order valence-corrected chi connectivity index (χ3v) is 4.10. The Labute approximate surface area is 157 Å². The molecule has 1 aliphatic heterocycles. The Morgan fingerprint density at radius 2 is 1.96 bits per heavy atom. The Morgan fingerprint density at radius 3 is 2.70 bits per heavy atom. The molecule has 2 aromatic rings. The van der Waals surface area contributed by atoms with Crippen LogP contribution in [0.2, 0.25) is 0 Å². The van der Waals surface area contributed by atoms with E-state index in [-0.39, 0.29) is 18.6 Å². The van der Waals surface area contributed by atoms with Gasteiger partial charge in [0.25, 0.3) is 5.91 Å². The van der Waals surface area contributed by atoms with Crippen molar-refractivity contribution in [2.24, 2.45) is 0 Å². The molecule has 1 N–H and O–H groups in total. The molecule has 3 rings (SSSR count). The van der Waals surface area contributed by atoms with Crippen molar-refractivity contribution in [2.75, 3.05) is 26.9 Å². The maximum atomic E-state index is 12.2. The standard InChI is InChI=1S/C20H20N2O5/c1-13(15-4-6-17-19(10-15)26-8-7-25-17)22-20(23)12-27-16-5-3-14(11-21)9-18(16)24-2/h3-6,9-10,13H,7-8,12H2,1-2H3,(H,22,23)/t13-/m0/s1. The van der Waals surface area contributed by atoms with Gasteiger partial charge in [0.05, 0.1) is 24.8 Å². The SMILES string of the molecule is COc1cc(C#N)ccc1OCC(=O)N[C@@H](C)c1ccc2c(c1)OCCO2. The van der Waals surface area contributed by atoms with Gasteiger partial charge in [0.1, 0.15) is 13.2 Å². The first-order valence-corrected chi connectivity index (χ1v) is 8.50. The Bertz CT molecular complexity index is 875. The highest BCUT2D eigenvalue weighted by atomic mass is 16.6. The molecule has 0 aliphatic carbocycles. The van der Waals surface area contributed by atoms with Gasteiger partial charge < -0.3 is 24.3 Å². The molecule has 7 heteroatoms. The van der Waals surface area contributed by atoms with Gasteiger partial charge in [-0.15, -0.1) is 0 Å². The number of carbonyl (C=O) groups is 1. The maximum absolute atomic E-state index is 12.2. The number of nitrogens with one attached hydrogen (secondary N) is 1. The number of benzene rings is 2. The summed E-state index contributed by atoms with van der Waals surface area (Å²) in [4.78, 5) is 12.2. The largest absolute Gasteiger partial charge is 0.493 e. The zero-order valence-corrected chi connectivity index (χ0v) is 15.2. The molecular weight excluding hydrogens is 348 g/mol. The first-order valence-electron chi connectivity index (χ1n) is 8.50. The summed E-state index contributed by atoms with van der Waals surface area (Å²) in [6, 6.07) is 12.2. The topological polar surface area (TPSA) is 89.8 Å². The molecule has 1 aliphatic rings. The lowest BCUT2D eigenvalue weighted by atomic mass is 10.1.